The second kappa shape index (κ2) is 16.7. The molecule has 13 atom stereocenters. The van der Waals surface area contributed by atoms with E-state index in [1.807, 2.05) is 0 Å². The fraction of sp³-hybridized carbons (Fsp3) is 0.509. The lowest BCUT2D eigenvalue weighted by Gasteiger charge is -2.48. The van der Waals surface area contributed by atoms with Crippen LogP contribution < -0.4 is 0 Å². The standard InChI is InChI=1S/C57H70N2O2/c1-10-49(44-27-17-15-22-39(44)5)59(9)51(42-24-18-21-37(3)33-42)52-40(6)45-28-19-29-46(53(45)60-52)57(8)35-38(4)34-47-54(57)61-55-50(41-23-16-14-20-36(2)32-41)48(30-31-56(47,55)7)58-43-25-12-11-13-26-43/h12,14-17,19-20,22-23,25,27-33,36-39,44,47-48,50-51,54-55H,1,11,13,18,21,24,26,34-35H2,2-9H3. The zero-order valence-corrected chi connectivity index (χ0v) is 38.2. The second-order valence-corrected chi connectivity index (χ2v) is 20.6. The third-order valence-corrected chi connectivity index (χ3v) is 16.1. The molecule has 1 saturated carbocycles. The van der Waals surface area contributed by atoms with E-state index >= 15 is 0 Å². The molecule has 0 N–H and O–H groups in total. The van der Waals surface area contributed by atoms with E-state index in [4.69, 9.17) is 14.1 Å². The summed E-state index contributed by atoms with van der Waals surface area (Å²) in [5, 5.41) is 1.22. The van der Waals surface area contributed by atoms with Gasteiger partial charge in [-0.05, 0) is 105 Å². The molecule has 1 aromatic carbocycles. The van der Waals surface area contributed by atoms with Gasteiger partial charge in [0.25, 0.3) is 0 Å². The number of aryl methyl sites for hydroxylation is 1. The van der Waals surface area contributed by atoms with E-state index in [0.29, 0.717) is 29.6 Å². The molecular weight excluding hydrogens is 745 g/mol. The number of benzene rings is 1. The zero-order valence-electron chi connectivity index (χ0n) is 38.2. The lowest BCUT2D eigenvalue weighted by molar-refractivity contribution is -0.0554. The van der Waals surface area contributed by atoms with Crippen molar-refractivity contribution in [1.82, 2.24) is 4.90 Å². The number of hydrogen-bond donors (Lipinski definition) is 0. The van der Waals surface area contributed by atoms with Crippen LogP contribution in [0.4, 0.5) is 0 Å². The number of hydrogen-bond acceptors (Lipinski definition) is 4. The van der Waals surface area contributed by atoms with Crippen LogP contribution in [0.1, 0.15) is 116 Å². The molecule has 1 saturated heterocycles. The molecule has 0 radical (unpaired) electrons. The Kier molecular flexibility index (Phi) is 11.5. The first-order valence-corrected chi connectivity index (χ1v) is 23.8. The number of ether oxygens (including phenoxy) is 1. The van der Waals surface area contributed by atoms with Crippen molar-refractivity contribution >= 4 is 16.7 Å². The van der Waals surface area contributed by atoms with E-state index in [-0.39, 0.29) is 47.0 Å². The summed E-state index contributed by atoms with van der Waals surface area (Å²) >= 11 is 0. The van der Waals surface area contributed by atoms with E-state index in [1.165, 1.54) is 52.6 Å². The molecule has 2 heterocycles. The number of fused-ring (bicyclic) bond motifs is 4. The van der Waals surface area contributed by atoms with Crippen LogP contribution in [0.2, 0.25) is 0 Å². The van der Waals surface area contributed by atoms with Crippen LogP contribution in [0.5, 0.6) is 0 Å². The maximum atomic E-state index is 7.83. The summed E-state index contributed by atoms with van der Waals surface area (Å²) < 4.78 is 15.3. The van der Waals surface area contributed by atoms with Gasteiger partial charge in [0.2, 0.25) is 0 Å². The lowest BCUT2D eigenvalue weighted by atomic mass is 9.54. The maximum Gasteiger partial charge on any atom is 0.138 e. The van der Waals surface area contributed by atoms with E-state index < -0.39 is 0 Å². The van der Waals surface area contributed by atoms with Gasteiger partial charge in [-0.25, -0.2) is 0 Å². The van der Waals surface area contributed by atoms with Gasteiger partial charge in [0, 0.05) is 51.9 Å². The smallest absolute Gasteiger partial charge is 0.138 e. The largest absolute Gasteiger partial charge is 0.458 e. The van der Waals surface area contributed by atoms with Crippen LogP contribution in [0.25, 0.3) is 11.0 Å². The molecule has 0 bridgehead atoms. The summed E-state index contributed by atoms with van der Waals surface area (Å²) in [5.41, 5.74) is 11.7. The van der Waals surface area contributed by atoms with Gasteiger partial charge in [-0.3, -0.25) is 4.99 Å². The predicted octanol–water partition coefficient (Wildman–Crippen LogP) is 14.0. The molecule has 4 nitrogen and oxygen atoms in total. The van der Waals surface area contributed by atoms with Gasteiger partial charge in [0.15, 0.2) is 0 Å². The molecule has 0 amide bonds. The average Bonchev–Trinajstić information content (AvgIpc) is 3.63. The van der Waals surface area contributed by atoms with E-state index in [1.54, 1.807) is 0 Å². The Morgan fingerprint density at radius 2 is 1.77 bits per heavy atom. The molecule has 2 fully saturated rings. The monoisotopic (exact) mass is 815 g/mol. The fourth-order valence-electron chi connectivity index (χ4n) is 13.0. The Balaban J connectivity index is 1.15. The quantitative estimate of drug-likeness (QED) is 0.197. The lowest BCUT2D eigenvalue weighted by Crippen LogP contribution is -2.49. The fourth-order valence-corrected chi connectivity index (χ4v) is 13.0. The number of rotatable bonds is 8. The van der Waals surface area contributed by atoms with Crippen molar-refractivity contribution in [2.75, 3.05) is 7.05 Å². The predicted molar refractivity (Wildman–Crippen MR) is 255 cm³/mol. The highest BCUT2D eigenvalue weighted by Crippen LogP contribution is 2.62. The molecule has 320 valence electrons. The summed E-state index contributed by atoms with van der Waals surface area (Å²) in [4.78, 5) is 7.98. The minimum atomic E-state index is -0.265. The minimum absolute atomic E-state index is 0.00166. The Labute approximate surface area is 367 Å². The summed E-state index contributed by atoms with van der Waals surface area (Å²) in [6, 6.07) is 6.93. The number of allylic oxidation sites excluding steroid dienone is 12. The molecule has 1 aromatic heterocycles. The van der Waals surface area contributed by atoms with Gasteiger partial charge in [0.1, 0.15) is 17.4 Å². The number of aliphatic imine (C=N–C) groups is 1. The highest BCUT2D eigenvalue weighted by molar-refractivity contribution is 5.95. The molecule has 9 rings (SSSR count). The van der Waals surface area contributed by atoms with Crippen LogP contribution in [0, 0.1) is 53.8 Å². The van der Waals surface area contributed by atoms with Crippen molar-refractivity contribution in [3.63, 3.8) is 0 Å². The Morgan fingerprint density at radius 3 is 2.54 bits per heavy atom. The molecule has 2 aromatic rings. The van der Waals surface area contributed by atoms with Gasteiger partial charge in [0.05, 0.1) is 23.9 Å². The highest BCUT2D eigenvalue weighted by atomic mass is 16.5. The Morgan fingerprint density at radius 1 is 0.951 bits per heavy atom. The van der Waals surface area contributed by atoms with Crippen molar-refractivity contribution in [2.24, 2.45) is 51.8 Å². The second-order valence-electron chi connectivity index (χ2n) is 20.6. The van der Waals surface area contributed by atoms with Gasteiger partial charge in [-0.2, -0.15) is 0 Å². The molecule has 0 spiro atoms. The topological polar surface area (TPSA) is 38.0 Å². The van der Waals surface area contributed by atoms with Crippen molar-refractivity contribution < 1.29 is 9.15 Å². The van der Waals surface area contributed by atoms with Gasteiger partial charge in [-0.15, -0.1) is 5.73 Å². The van der Waals surface area contributed by atoms with Crippen molar-refractivity contribution in [3.05, 3.63) is 149 Å². The molecule has 13 unspecified atom stereocenters. The Bertz CT molecular complexity index is 2350. The zero-order chi connectivity index (χ0) is 42.6. The summed E-state index contributed by atoms with van der Waals surface area (Å²) in [6.45, 7) is 21.0. The summed E-state index contributed by atoms with van der Waals surface area (Å²) in [5.74, 6) is 3.50. The minimum Gasteiger partial charge on any atom is -0.458 e. The number of likely N-dealkylation sites (N-methyl/N-ethyl adjacent to an activating group) is 1. The van der Waals surface area contributed by atoms with Gasteiger partial charge >= 0.3 is 0 Å². The Hall–Kier alpha value is -4.37. The van der Waals surface area contributed by atoms with Crippen LogP contribution in [0.3, 0.4) is 0 Å². The first-order valence-electron chi connectivity index (χ1n) is 23.8. The van der Waals surface area contributed by atoms with Gasteiger partial charge in [-0.1, -0.05) is 145 Å². The van der Waals surface area contributed by atoms with Crippen LogP contribution >= 0.6 is 0 Å². The summed E-state index contributed by atoms with van der Waals surface area (Å²) in [7, 11) is 2.25. The third kappa shape index (κ3) is 7.44. The molecule has 6 aliphatic carbocycles. The van der Waals surface area contributed by atoms with Crippen molar-refractivity contribution in [3.8, 4) is 0 Å². The van der Waals surface area contributed by atoms with E-state index in [0.717, 1.165) is 49.1 Å². The highest BCUT2D eigenvalue weighted by Gasteiger charge is 2.64. The van der Waals surface area contributed by atoms with Crippen LogP contribution in [-0.2, 0) is 10.2 Å². The van der Waals surface area contributed by atoms with E-state index in [2.05, 4.69) is 176 Å². The van der Waals surface area contributed by atoms with Crippen molar-refractivity contribution in [2.45, 2.75) is 130 Å². The number of nitrogens with zero attached hydrogens (tertiary/aromatic N) is 2. The number of para-hydroxylation sites is 1. The molecule has 1 aliphatic heterocycles. The number of furan rings is 1. The first kappa shape index (κ1) is 42.0. The molecule has 7 aliphatic rings. The van der Waals surface area contributed by atoms with Crippen LogP contribution in [-0.4, -0.2) is 35.9 Å². The molecule has 61 heavy (non-hydrogen) atoms. The van der Waals surface area contributed by atoms with Gasteiger partial charge < -0.3 is 14.1 Å². The average molecular weight is 815 g/mol. The molecular formula is C57H70N2O2. The SMILES string of the molecule is C=C=C(C1C=CC=CC1C)N(C)C(C1=CC(C)CCC1)c1oc2c(C3(C)CC(C)CC4C3OC3C(C5=CC(C)C=CC=C5)C(N=C5C=CCCC5)C=CC43C)cccc2c1C. The normalized spacial score (nSPS) is 37.8. The maximum absolute atomic E-state index is 7.83. The first-order chi connectivity index (χ1) is 29.4. The van der Waals surface area contributed by atoms with E-state index in [9.17, 15) is 0 Å². The molecule has 4 heteroatoms. The summed E-state index contributed by atoms with van der Waals surface area (Å²) in [6.07, 6.45) is 41.7. The third-order valence-electron chi connectivity index (χ3n) is 16.1. The van der Waals surface area contributed by atoms with Crippen LogP contribution in [0.15, 0.2) is 142 Å². The van der Waals surface area contributed by atoms with Crippen molar-refractivity contribution in [1.29, 1.82) is 0 Å².